The number of nitro benzene ring substituents is 1. The summed E-state index contributed by atoms with van der Waals surface area (Å²) in [5, 5.41) is 19.6. The van der Waals surface area contributed by atoms with Crippen LogP contribution in [-0.2, 0) is 6.18 Å². The molecule has 0 atom stereocenters. The minimum absolute atomic E-state index is 0.0862. The molecule has 1 aromatic carbocycles. The quantitative estimate of drug-likeness (QED) is 0.481. The topological polar surface area (TPSA) is 79.8 Å². The summed E-state index contributed by atoms with van der Waals surface area (Å²) in [5.41, 5.74) is -2.59. The molecule has 0 saturated heterocycles. The first-order valence-electron chi connectivity index (χ1n) is 5.65. The third-order valence-corrected chi connectivity index (χ3v) is 2.75. The van der Waals surface area contributed by atoms with Crippen LogP contribution in [0.4, 0.5) is 23.2 Å². The fourth-order valence-corrected chi connectivity index (χ4v) is 1.79. The molecule has 0 bridgehead atoms. The molecule has 2 aromatic rings. The number of alkyl halides is 3. The van der Waals surface area contributed by atoms with Crippen LogP contribution < -0.4 is 0 Å². The molecule has 22 heavy (non-hydrogen) atoms. The number of aromatic nitrogens is 1. The maximum absolute atomic E-state index is 14.0. The Hall–Kier alpha value is -3.02. The number of nitro groups is 1. The molecule has 0 aliphatic carbocycles. The SMILES string of the molecule is N#Cc1cc([N+](=O)[O-])cc(F)c1-c1ccc(C(F)(F)F)nc1. The van der Waals surface area contributed by atoms with Crippen molar-refractivity contribution >= 4 is 5.69 Å². The molecule has 0 spiro atoms. The van der Waals surface area contributed by atoms with Gasteiger partial charge in [-0.25, -0.2) is 4.39 Å². The Balaban J connectivity index is 2.58. The van der Waals surface area contributed by atoms with Crippen LogP contribution in [0.15, 0.2) is 30.5 Å². The number of hydrogen-bond acceptors (Lipinski definition) is 4. The Labute approximate surface area is 120 Å². The van der Waals surface area contributed by atoms with Crippen LogP contribution >= 0.6 is 0 Å². The first-order valence-corrected chi connectivity index (χ1v) is 5.65. The second-order valence-corrected chi connectivity index (χ2v) is 4.15. The first kappa shape index (κ1) is 15.4. The lowest BCUT2D eigenvalue weighted by molar-refractivity contribution is -0.385. The van der Waals surface area contributed by atoms with Crippen molar-refractivity contribution in [3.05, 3.63) is 57.7 Å². The van der Waals surface area contributed by atoms with Crippen molar-refractivity contribution in [1.29, 1.82) is 5.26 Å². The predicted octanol–water partition coefficient (Wildman–Crippen LogP) is 3.69. The standard InChI is InChI=1S/C13H5F4N3O2/c14-10-4-9(20(21)22)3-8(5-18)12(10)7-1-2-11(19-6-7)13(15,16)17/h1-4,6H. The average Bonchev–Trinajstić information content (AvgIpc) is 2.45. The van der Waals surface area contributed by atoms with Crippen molar-refractivity contribution in [2.75, 3.05) is 0 Å². The van der Waals surface area contributed by atoms with Gasteiger partial charge in [-0.15, -0.1) is 0 Å². The second kappa shape index (κ2) is 5.40. The molecule has 0 fully saturated rings. The average molecular weight is 311 g/mol. The zero-order chi connectivity index (χ0) is 16.5. The van der Waals surface area contributed by atoms with E-state index in [4.69, 9.17) is 5.26 Å². The van der Waals surface area contributed by atoms with Crippen molar-refractivity contribution in [3.63, 3.8) is 0 Å². The van der Waals surface area contributed by atoms with E-state index in [1.807, 2.05) is 0 Å². The molecule has 0 aliphatic rings. The molecule has 112 valence electrons. The van der Waals surface area contributed by atoms with Crippen molar-refractivity contribution in [2.24, 2.45) is 0 Å². The van der Waals surface area contributed by atoms with Crippen molar-refractivity contribution < 1.29 is 22.5 Å². The Kier molecular flexibility index (Phi) is 3.77. The third-order valence-electron chi connectivity index (χ3n) is 2.75. The lowest BCUT2D eigenvalue weighted by atomic mass is 10.00. The van der Waals surface area contributed by atoms with Gasteiger partial charge in [0.15, 0.2) is 0 Å². The van der Waals surface area contributed by atoms with Gasteiger partial charge in [-0.1, -0.05) is 6.07 Å². The lowest BCUT2D eigenvalue weighted by Crippen LogP contribution is -2.07. The van der Waals surface area contributed by atoms with Gasteiger partial charge in [0.1, 0.15) is 17.6 Å². The molecule has 0 N–H and O–H groups in total. The summed E-state index contributed by atoms with van der Waals surface area (Å²) in [6.45, 7) is 0. The van der Waals surface area contributed by atoms with E-state index in [9.17, 15) is 27.7 Å². The van der Waals surface area contributed by atoms with E-state index in [0.717, 1.165) is 18.3 Å². The second-order valence-electron chi connectivity index (χ2n) is 4.15. The molecule has 0 unspecified atom stereocenters. The monoisotopic (exact) mass is 311 g/mol. The maximum Gasteiger partial charge on any atom is 0.433 e. The number of rotatable bonds is 2. The number of non-ortho nitro benzene ring substituents is 1. The highest BCUT2D eigenvalue weighted by Crippen LogP contribution is 2.32. The largest absolute Gasteiger partial charge is 0.433 e. The van der Waals surface area contributed by atoms with Crippen LogP contribution in [0.1, 0.15) is 11.3 Å². The number of nitrogens with zero attached hydrogens (tertiary/aromatic N) is 3. The van der Waals surface area contributed by atoms with Crippen molar-refractivity contribution in [1.82, 2.24) is 4.98 Å². The normalized spacial score (nSPS) is 11.0. The summed E-state index contributed by atoms with van der Waals surface area (Å²) in [6.07, 6.45) is -3.89. The van der Waals surface area contributed by atoms with Gasteiger partial charge in [-0.05, 0) is 6.07 Å². The summed E-state index contributed by atoms with van der Waals surface area (Å²) in [6, 6.07) is 4.60. The number of hydrogen-bond donors (Lipinski definition) is 0. The molecule has 9 heteroatoms. The van der Waals surface area contributed by atoms with Gasteiger partial charge in [0.05, 0.1) is 16.6 Å². The van der Waals surface area contributed by atoms with Gasteiger partial charge >= 0.3 is 6.18 Å². The van der Waals surface area contributed by atoms with Gasteiger partial charge < -0.3 is 0 Å². The summed E-state index contributed by atoms with van der Waals surface area (Å²) < 4.78 is 51.2. The smallest absolute Gasteiger partial charge is 0.258 e. The molecule has 5 nitrogen and oxygen atoms in total. The molecule has 0 aliphatic heterocycles. The van der Waals surface area contributed by atoms with Crippen LogP contribution in [0.25, 0.3) is 11.1 Å². The van der Waals surface area contributed by atoms with Gasteiger partial charge in [0, 0.05) is 23.4 Å². The van der Waals surface area contributed by atoms with E-state index in [1.54, 1.807) is 6.07 Å². The van der Waals surface area contributed by atoms with Gasteiger partial charge in [-0.2, -0.15) is 18.4 Å². The van der Waals surface area contributed by atoms with E-state index < -0.39 is 28.3 Å². The van der Waals surface area contributed by atoms with Gasteiger partial charge in [0.25, 0.3) is 5.69 Å². The van der Waals surface area contributed by atoms with E-state index >= 15 is 0 Å². The molecule has 1 heterocycles. The van der Waals surface area contributed by atoms with Crippen LogP contribution in [0.5, 0.6) is 0 Å². The fraction of sp³-hybridized carbons (Fsp3) is 0.0769. The number of pyridine rings is 1. The zero-order valence-corrected chi connectivity index (χ0v) is 10.6. The molecule has 0 amide bonds. The van der Waals surface area contributed by atoms with E-state index in [1.165, 1.54) is 0 Å². The Morgan fingerprint density at radius 3 is 2.41 bits per heavy atom. The number of nitriles is 1. The third kappa shape index (κ3) is 2.85. The van der Waals surface area contributed by atoms with E-state index in [-0.39, 0.29) is 16.7 Å². The van der Waals surface area contributed by atoms with Crippen molar-refractivity contribution in [2.45, 2.75) is 6.18 Å². The van der Waals surface area contributed by atoms with Crippen molar-refractivity contribution in [3.8, 4) is 17.2 Å². The molecule has 0 radical (unpaired) electrons. The lowest BCUT2D eigenvalue weighted by Gasteiger charge is -2.08. The summed E-state index contributed by atoms with van der Waals surface area (Å²) in [7, 11) is 0. The minimum Gasteiger partial charge on any atom is -0.258 e. The Morgan fingerprint density at radius 1 is 1.27 bits per heavy atom. The zero-order valence-electron chi connectivity index (χ0n) is 10.6. The van der Waals surface area contributed by atoms with Gasteiger partial charge in [0.2, 0.25) is 0 Å². The van der Waals surface area contributed by atoms with Gasteiger partial charge in [-0.3, -0.25) is 15.1 Å². The summed E-state index contributed by atoms with van der Waals surface area (Å²) in [5.74, 6) is -1.09. The van der Waals surface area contributed by atoms with Crippen LogP contribution in [0.2, 0.25) is 0 Å². The van der Waals surface area contributed by atoms with Crippen LogP contribution in [0, 0.1) is 27.3 Å². The Morgan fingerprint density at radius 2 is 1.95 bits per heavy atom. The van der Waals surface area contributed by atoms with E-state index in [0.29, 0.717) is 12.1 Å². The number of halogens is 4. The Bertz CT molecular complexity index is 780. The van der Waals surface area contributed by atoms with Crippen LogP contribution in [-0.4, -0.2) is 9.91 Å². The highest BCUT2D eigenvalue weighted by atomic mass is 19.4. The first-order chi connectivity index (χ1) is 10.2. The maximum atomic E-state index is 14.0. The molecule has 0 saturated carbocycles. The highest BCUT2D eigenvalue weighted by Gasteiger charge is 2.32. The number of benzene rings is 1. The highest BCUT2D eigenvalue weighted by molar-refractivity contribution is 5.72. The van der Waals surface area contributed by atoms with Crippen LogP contribution in [0.3, 0.4) is 0 Å². The minimum atomic E-state index is -4.65. The summed E-state index contributed by atoms with van der Waals surface area (Å²) in [4.78, 5) is 12.9. The molecule has 2 rings (SSSR count). The fourth-order valence-electron chi connectivity index (χ4n) is 1.79. The molecule has 1 aromatic heterocycles. The van der Waals surface area contributed by atoms with E-state index in [2.05, 4.69) is 4.98 Å². The molecular formula is C13H5F4N3O2. The molecular weight excluding hydrogens is 306 g/mol. The summed E-state index contributed by atoms with van der Waals surface area (Å²) >= 11 is 0. The predicted molar refractivity (Wildman–Crippen MR) is 66.0 cm³/mol.